The maximum absolute atomic E-state index is 12.9. The molecule has 1 aromatic rings. The summed E-state index contributed by atoms with van der Waals surface area (Å²) in [5, 5.41) is 9.46. The SMILES string of the molecule is CCCCCC[C@@H]1CN(S(=O)(=O)c2ccc(C)cc2)C[C@H](CO)O1. The van der Waals surface area contributed by atoms with Crippen LogP contribution < -0.4 is 0 Å². The van der Waals surface area contributed by atoms with E-state index in [2.05, 4.69) is 6.92 Å². The molecule has 136 valence electrons. The molecule has 5 nitrogen and oxygen atoms in total. The molecule has 0 aromatic heterocycles. The van der Waals surface area contributed by atoms with E-state index < -0.39 is 16.1 Å². The van der Waals surface area contributed by atoms with E-state index in [9.17, 15) is 13.5 Å². The molecule has 1 fully saturated rings. The number of aliphatic hydroxyl groups excluding tert-OH is 1. The van der Waals surface area contributed by atoms with Crippen LogP contribution in [-0.4, -0.2) is 49.7 Å². The van der Waals surface area contributed by atoms with Crippen molar-refractivity contribution in [2.75, 3.05) is 19.7 Å². The molecule has 0 saturated carbocycles. The summed E-state index contributed by atoms with van der Waals surface area (Å²) < 4.78 is 33.0. The molecule has 2 atom stereocenters. The number of hydrogen-bond donors (Lipinski definition) is 1. The van der Waals surface area contributed by atoms with Gasteiger partial charge in [0.2, 0.25) is 10.0 Å². The summed E-state index contributed by atoms with van der Waals surface area (Å²) in [6.07, 6.45) is 4.74. The molecule has 1 aliphatic heterocycles. The van der Waals surface area contributed by atoms with E-state index >= 15 is 0 Å². The van der Waals surface area contributed by atoms with Crippen molar-refractivity contribution in [1.82, 2.24) is 4.31 Å². The summed E-state index contributed by atoms with van der Waals surface area (Å²) in [6, 6.07) is 6.90. The van der Waals surface area contributed by atoms with Crippen LogP contribution in [0.4, 0.5) is 0 Å². The fourth-order valence-corrected chi connectivity index (χ4v) is 4.50. The zero-order valence-corrected chi connectivity index (χ0v) is 15.5. The highest BCUT2D eigenvalue weighted by atomic mass is 32.2. The quantitative estimate of drug-likeness (QED) is 0.728. The molecule has 0 radical (unpaired) electrons. The van der Waals surface area contributed by atoms with E-state index in [1.807, 2.05) is 6.92 Å². The van der Waals surface area contributed by atoms with Crippen molar-refractivity contribution in [3.8, 4) is 0 Å². The van der Waals surface area contributed by atoms with E-state index in [0.717, 1.165) is 24.8 Å². The van der Waals surface area contributed by atoms with Gasteiger partial charge in [0, 0.05) is 13.1 Å². The average molecular weight is 356 g/mol. The van der Waals surface area contributed by atoms with Crippen molar-refractivity contribution in [3.63, 3.8) is 0 Å². The summed E-state index contributed by atoms with van der Waals surface area (Å²) in [5.41, 5.74) is 1.03. The summed E-state index contributed by atoms with van der Waals surface area (Å²) in [5.74, 6) is 0. The Morgan fingerprint density at radius 3 is 2.42 bits per heavy atom. The Balaban J connectivity index is 2.08. The zero-order chi connectivity index (χ0) is 17.6. The van der Waals surface area contributed by atoms with Crippen LogP contribution in [0.25, 0.3) is 0 Å². The highest BCUT2D eigenvalue weighted by molar-refractivity contribution is 7.89. The third-order valence-corrected chi connectivity index (χ3v) is 6.29. The molecule has 0 aliphatic carbocycles. The van der Waals surface area contributed by atoms with Crippen LogP contribution in [-0.2, 0) is 14.8 Å². The number of sulfonamides is 1. The lowest BCUT2D eigenvalue weighted by Gasteiger charge is -2.36. The molecule has 0 bridgehead atoms. The molecule has 2 rings (SSSR count). The average Bonchev–Trinajstić information content (AvgIpc) is 2.59. The molecule has 6 heteroatoms. The van der Waals surface area contributed by atoms with Crippen molar-refractivity contribution in [1.29, 1.82) is 0 Å². The summed E-state index contributed by atoms with van der Waals surface area (Å²) in [6.45, 7) is 4.50. The van der Waals surface area contributed by atoms with Crippen LogP contribution in [0, 0.1) is 6.92 Å². The van der Waals surface area contributed by atoms with Crippen molar-refractivity contribution in [2.45, 2.75) is 63.1 Å². The number of aryl methyl sites for hydroxylation is 1. The minimum Gasteiger partial charge on any atom is -0.394 e. The molecule has 0 amide bonds. The standard InChI is InChI=1S/C18H29NO4S/c1-3-4-5-6-7-16-12-19(13-17(14-20)23-16)24(21,22)18-10-8-15(2)9-11-18/h8-11,16-17,20H,3-7,12-14H2,1-2H3/t16-,17-/m1/s1. The van der Waals surface area contributed by atoms with Gasteiger partial charge in [0.25, 0.3) is 0 Å². The first-order valence-corrected chi connectivity index (χ1v) is 10.2. The van der Waals surface area contributed by atoms with E-state index in [-0.39, 0.29) is 19.3 Å². The third kappa shape index (κ3) is 5.02. The van der Waals surface area contributed by atoms with Gasteiger partial charge in [-0.2, -0.15) is 4.31 Å². The second-order valence-electron chi connectivity index (χ2n) is 6.55. The number of ether oxygens (including phenoxy) is 1. The monoisotopic (exact) mass is 355 g/mol. The first-order valence-electron chi connectivity index (χ1n) is 8.80. The zero-order valence-electron chi connectivity index (χ0n) is 14.6. The van der Waals surface area contributed by atoms with Gasteiger partial charge < -0.3 is 9.84 Å². The van der Waals surface area contributed by atoms with E-state index in [1.165, 1.54) is 17.1 Å². The molecule has 24 heavy (non-hydrogen) atoms. The van der Waals surface area contributed by atoms with Crippen LogP contribution in [0.2, 0.25) is 0 Å². The Hall–Kier alpha value is -0.950. The predicted molar refractivity (Wildman–Crippen MR) is 94.4 cm³/mol. The molecule has 1 N–H and O–H groups in total. The van der Waals surface area contributed by atoms with Gasteiger partial charge in [-0.05, 0) is 25.5 Å². The van der Waals surface area contributed by atoms with Gasteiger partial charge in [-0.1, -0.05) is 50.3 Å². The largest absolute Gasteiger partial charge is 0.394 e. The summed E-state index contributed by atoms with van der Waals surface area (Å²) in [7, 11) is -3.55. The first-order chi connectivity index (χ1) is 11.5. The van der Waals surface area contributed by atoms with Crippen LogP contribution in [0.3, 0.4) is 0 Å². The molecule has 1 saturated heterocycles. The number of morpholine rings is 1. The third-order valence-electron chi connectivity index (χ3n) is 4.44. The number of aliphatic hydroxyl groups is 1. The van der Waals surface area contributed by atoms with E-state index in [1.54, 1.807) is 24.3 Å². The second-order valence-corrected chi connectivity index (χ2v) is 8.49. The van der Waals surface area contributed by atoms with Crippen LogP contribution >= 0.6 is 0 Å². The number of hydrogen-bond acceptors (Lipinski definition) is 4. The summed E-state index contributed by atoms with van der Waals surface area (Å²) >= 11 is 0. The summed E-state index contributed by atoms with van der Waals surface area (Å²) in [4.78, 5) is 0.302. The Kier molecular flexibility index (Phi) is 7.22. The van der Waals surface area contributed by atoms with Crippen LogP contribution in [0.5, 0.6) is 0 Å². The van der Waals surface area contributed by atoms with Crippen LogP contribution in [0.1, 0.15) is 44.6 Å². The number of rotatable bonds is 8. The fraction of sp³-hybridized carbons (Fsp3) is 0.667. The lowest BCUT2D eigenvalue weighted by atomic mass is 10.1. The Labute approximate surface area is 145 Å². The van der Waals surface area contributed by atoms with Crippen molar-refractivity contribution in [2.24, 2.45) is 0 Å². The molecule has 1 aliphatic rings. The fourth-order valence-electron chi connectivity index (χ4n) is 3.00. The van der Waals surface area contributed by atoms with Crippen molar-refractivity contribution >= 4 is 10.0 Å². The van der Waals surface area contributed by atoms with Crippen LogP contribution in [0.15, 0.2) is 29.2 Å². The Bertz CT molecular complexity index is 600. The predicted octanol–water partition coefficient (Wildman–Crippen LogP) is 2.72. The minimum atomic E-state index is -3.55. The molecule has 0 unspecified atom stereocenters. The molecular formula is C18H29NO4S. The lowest BCUT2D eigenvalue weighted by molar-refractivity contribution is -0.0862. The van der Waals surface area contributed by atoms with E-state index in [4.69, 9.17) is 4.74 Å². The van der Waals surface area contributed by atoms with Crippen molar-refractivity contribution < 1.29 is 18.3 Å². The van der Waals surface area contributed by atoms with Gasteiger partial charge in [0.05, 0.1) is 23.7 Å². The minimum absolute atomic E-state index is 0.145. The number of benzene rings is 1. The molecule has 1 aromatic carbocycles. The molecule has 0 spiro atoms. The Morgan fingerprint density at radius 2 is 1.79 bits per heavy atom. The topological polar surface area (TPSA) is 66.8 Å². The lowest BCUT2D eigenvalue weighted by Crippen LogP contribution is -2.51. The molecular weight excluding hydrogens is 326 g/mol. The van der Waals surface area contributed by atoms with E-state index in [0.29, 0.717) is 11.4 Å². The highest BCUT2D eigenvalue weighted by Crippen LogP contribution is 2.23. The van der Waals surface area contributed by atoms with Gasteiger partial charge in [-0.15, -0.1) is 0 Å². The van der Waals surface area contributed by atoms with Gasteiger partial charge in [-0.3, -0.25) is 0 Å². The smallest absolute Gasteiger partial charge is 0.243 e. The normalized spacial score (nSPS) is 22.6. The van der Waals surface area contributed by atoms with Gasteiger partial charge in [0.15, 0.2) is 0 Å². The van der Waals surface area contributed by atoms with Crippen molar-refractivity contribution in [3.05, 3.63) is 29.8 Å². The highest BCUT2D eigenvalue weighted by Gasteiger charge is 2.34. The van der Waals surface area contributed by atoms with Gasteiger partial charge in [0.1, 0.15) is 0 Å². The molecule has 1 heterocycles. The second kappa shape index (κ2) is 8.94. The number of nitrogens with zero attached hydrogens (tertiary/aromatic N) is 1. The number of unbranched alkanes of at least 4 members (excludes halogenated alkanes) is 3. The van der Waals surface area contributed by atoms with Gasteiger partial charge in [-0.25, -0.2) is 8.42 Å². The Morgan fingerprint density at radius 1 is 1.12 bits per heavy atom. The maximum atomic E-state index is 12.9. The van der Waals surface area contributed by atoms with Gasteiger partial charge >= 0.3 is 0 Å². The maximum Gasteiger partial charge on any atom is 0.243 e. The first kappa shape index (κ1) is 19.4.